The highest BCUT2D eigenvalue weighted by Gasteiger charge is 2.29. The van der Waals surface area contributed by atoms with Crippen molar-refractivity contribution in [3.8, 4) is 17.2 Å². The summed E-state index contributed by atoms with van der Waals surface area (Å²) >= 11 is 0. The van der Waals surface area contributed by atoms with Crippen LogP contribution >= 0.6 is 0 Å². The Morgan fingerprint density at radius 2 is 1.77 bits per heavy atom. The average Bonchev–Trinajstić information content (AvgIpc) is 2.82. The minimum Gasteiger partial charge on any atom is -0.497 e. The molecule has 1 N–H and O–H groups in total. The molecule has 1 amide bonds. The normalized spacial score (nSPS) is 16.0. The van der Waals surface area contributed by atoms with E-state index in [9.17, 15) is 4.79 Å². The highest BCUT2D eigenvalue weighted by Crippen LogP contribution is 2.36. The number of pyridine rings is 1. The molecule has 0 spiro atoms. The first-order chi connectivity index (χ1) is 14.7. The van der Waals surface area contributed by atoms with Crippen LogP contribution in [0.2, 0.25) is 0 Å². The molecule has 1 aromatic heterocycles. The van der Waals surface area contributed by atoms with Crippen LogP contribution in [-0.4, -0.2) is 31.7 Å². The second-order valence-corrected chi connectivity index (χ2v) is 7.16. The number of amides is 1. The summed E-state index contributed by atoms with van der Waals surface area (Å²) in [6.07, 6.45) is 4.05. The number of carbonyl (C=O) groups excluding carboxylic acids is 1. The lowest BCUT2D eigenvalue weighted by Gasteiger charge is -2.28. The van der Waals surface area contributed by atoms with Gasteiger partial charge < -0.3 is 19.5 Å². The smallest absolute Gasteiger partial charge is 0.227 e. The Bertz CT molecular complexity index is 1010. The summed E-state index contributed by atoms with van der Waals surface area (Å²) in [5, 5.41) is 3.20. The van der Waals surface area contributed by atoms with Crippen LogP contribution in [0, 0.1) is 5.92 Å². The van der Waals surface area contributed by atoms with Crippen molar-refractivity contribution in [1.29, 1.82) is 0 Å². The van der Waals surface area contributed by atoms with Gasteiger partial charge in [0.15, 0.2) is 11.5 Å². The van der Waals surface area contributed by atoms with Crippen LogP contribution in [0.3, 0.4) is 0 Å². The first-order valence-corrected chi connectivity index (χ1v) is 9.82. The standard InChI is InChI=1S/C24H24N2O4/c1-28-20-8-6-16(7-9-20)22(17-10-12-25-13-11-17)26-24(27)19-14-18-4-3-5-21(29-2)23(18)30-15-19/h3-13,19,22H,14-15H2,1-2H3,(H,26,27). The highest BCUT2D eigenvalue weighted by molar-refractivity contribution is 5.80. The van der Waals surface area contributed by atoms with Gasteiger partial charge in [-0.25, -0.2) is 0 Å². The van der Waals surface area contributed by atoms with E-state index in [-0.39, 0.29) is 17.9 Å². The molecule has 2 atom stereocenters. The molecule has 3 aromatic rings. The van der Waals surface area contributed by atoms with E-state index < -0.39 is 0 Å². The number of benzene rings is 2. The van der Waals surface area contributed by atoms with Crippen molar-refractivity contribution in [1.82, 2.24) is 10.3 Å². The van der Waals surface area contributed by atoms with E-state index in [1.807, 2.05) is 54.6 Å². The zero-order valence-electron chi connectivity index (χ0n) is 17.0. The Hall–Kier alpha value is -3.54. The van der Waals surface area contributed by atoms with Crippen LogP contribution in [0.25, 0.3) is 0 Å². The SMILES string of the molecule is COc1ccc(C(NC(=O)C2COc3c(cccc3OC)C2)c2ccncc2)cc1. The minimum atomic E-state index is -0.293. The first kappa shape index (κ1) is 19.8. The van der Waals surface area contributed by atoms with Crippen molar-refractivity contribution in [3.63, 3.8) is 0 Å². The Morgan fingerprint density at radius 3 is 2.47 bits per heavy atom. The van der Waals surface area contributed by atoms with Crippen LogP contribution in [0.4, 0.5) is 0 Å². The first-order valence-electron chi connectivity index (χ1n) is 9.82. The van der Waals surface area contributed by atoms with Gasteiger partial charge in [-0.1, -0.05) is 24.3 Å². The maximum Gasteiger partial charge on any atom is 0.227 e. The summed E-state index contributed by atoms with van der Waals surface area (Å²) in [6, 6.07) is 17.0. The fraction of sp³-hybridized carbons (Fsp3) is 0.250. The summed E-state index contributed by atoms with van der Waals surface area (Å²) in [5.41, 5.74) is 2.90. The zero-order valence-corrected chi connectivity index (χ0v) is 17.0. The number of rotatable bonds is 6. The van der Waals surface area contributed by atoms with Gasteiger partial charge in [-0.2, -0.15) is 0 Å². The van der Waals surface area contributed by atoms with Gasteiger partial charge in [-0.15, -0.1) is 0 Å². The van der Waals surface area contributed by atoms with Gasteiger partial charge in [-0.05, 0) is 53.4 Å². The van der Waals surface area contributed by atoms with Crippen LogP contribution < -0.4 is 19.5 Å². The van der Waals surface area contributed by atoms with E-state index >= 15 is 0 Å². The summed E-state index contributed by atoms with van der Waals surface area (Å²) in [5.74, 6) is 1.85. The van der Waals surface area contributed by atoms with Gasteiger partial charge in [0.1, 0.15) is 12.4 Å². The number of ether oxygens (including phenoxy) is 3. The molecule has 1 aliphatic heterocycles. The predicted octanol–water partition coefficient (Wildman–Crippen LogP) is 3.56. The summed E-state index contributed by atoms with van der Waals surface area (Å²) < 4.78 is 16.5. The second-order valence-electron chi connectivity index (χ2n) is 7.16. The van der Waals surface area contributed by atoms with Crippen molar-refractivity contribution in [2.45, 2.75) is 12.5 Å². The number of hydrogen-bond donors (Lipinski definition) is 1. The molecule has 0 saturated heterocycles. The molecule has 0 aliphatic carbocycles. The van der Waals surface area contributed by atoms with Gasteiger partial charge in [0.05, 0.1) is 26.2 Å². The maximum atomic E-state index is 13.2. The van der Waals surface area contributed by atoms with Gasteiger partial charge in [-0.3, -0.25) is 9.78 Å². The number of nitrogens with one attached hydrogen (secondary N) is 1. The van der Waals surface area contributed by atoms with Gasteiger partial charge >= 0.3 is 0 Å². The molecule has 6 heteroatoms. The molecule has 6 nitrogen and oxygen atoms in total. The van der Waals surface area contributed by atoms with E-state index in [0.717, 1.165) is 28.2 Å². The lowest BCUT2D eigenvalue weighted by molar-refractivity contribution is -0.126. The molecule has 4 rings (SSSR count). The van der Waals surface area contributed by atoms with Crippen molar-refractivity contribution in [2.24, 2.45) is 5.92 Å². The van der Waals surface area contributed by atoms with Crippen molar-refractivity contribution in [3.05, 3.63) is 83.7 Å². The summed E-state index contributed by atoms with van der Waals surface area (Å²) in [6.45, 7) is 0.310. The lowest BCUT2D eigenvalue weighted by atomic mass is 9.93. The molecule has 154 valence electrons. The number of para-hydroxylation sites is 1. The minimum absolute atomic E-state index is 0.0545. The van der Waals surface area contributed by atoms with E-state index in [4.69, 9.17) is 14.2 Å². The largest absolute Gasteiger partial charge is 0.497 e. The third-order valence-electron chi connectivity index (χ3n) is 5.32. The topological polar surface area (TPSA) is 69.7 Å². The number of fused-ring (bicyclic) bond motifs is 1. The molecule has 2 heterocycles. The van der Waals surface area contributed by atoms with Crippen LogP contribution in [0.5, 0.6) is 17.2 Å². The Balaban J connectivity index is 1.56. The second kappa shape index (κ2) is 8.86. The molecule has 0 bridgehead atoms. The Labute approximate surface area is 175 Å². The molecular formula is C24H24N2O4. The number of carbonyl (C=O) groups is 1. The van der Waals surface area contributed by atoms with Gasteiger partial charge in [0, 0.05) is 12.4 Å². The van der Waals surface area contributed by atoms with Crippen LogP contribution in [0.1, 0.15) is 22.7 Å². The molecule has 2 unspecified atom stereocenters. The van der Waals surface area contributed by atoms with E-state index in [1.54, 1.807) is 26.6 Å². The van der Waals surface area contributed by atoms with Gasteiger partial charge in [0.25, 0.3) is 0 Å². The van der Waals surface area contributed by atoms with E-state index in [1.165, 1.54) is 0 Å². The third kappa shape index (κ3) is 4.08. The fourth-order valence-corrected chi connectivity index (χ4v) is 3.69. The maximum absolute atomic E-state index is 13.2. The lowest BCUT2D eigenvalue weighted by Crippen LogP contribution is -2.39. The Morgan fingerprint density at radius 1 is 1.03 bits per heavy atom. The number of nitrogens with zero attached hydrogens (tertiary/aromatic N) is 1. The van der Waals surface area contributed by atoms with E-state index in [2.05, 4.69) is 10.3 Å². The highest BCUT2D eigenvalue weighted by atomic mass is 16.5. The molecule has 0 fully saturated rings. The molecular weight excluding hydrogens is 380 g/mol. The fourth-order valence-electron chi connectivity index (χ4n) is 3.69. The molecule has 1 aliphatic rings. The summed E-state index contributed by atoms with van der Waals surface area (Å²) in [4.78, 5) is 17.3. The summed E-state index contributed by atoms with van der Waals surface area (Å²) in [7, 11) is 3.25. The zero-order chi connectivity index (χ0) is 20.9. The molecule has 0 saturated carbocycles. The van der Waals surface area contributed by atoms with Crippen molar-refractivity contribution >= 4 is 5.91 Å². The van der Waals surface area contributed by atoms with Crippen molar-refractivity contribution in [2.75, 3.05) is 20.8 Å². The molecule has 2 aromatic carbocycles. The van der Waals surface area contributed by atoms with Crippen LogP contribution in [0.15, 0.2) is 67.0 Å². The average molecular weight is 404 g/mol. The predicted molar refractivity (Wildman–Crippen MR) is 113 cm³/mol. The van der Waals surface area contributed by atoms with Crippen molar-refractivity contribution < 1.29 is 19.0 Å². The Kier molecular flexibility index (Phi) is 5.84. The van der Waals surface area contributed by atoms with E-state index in [0.29, 0.717) is 18.8 Å². The molecule has 0 radical (unpaired) electrons. The number of methoxy groups -OCH3 is 2. The third-order valence-corrected chi connectivity index (χ3v) is 5.32. The number of hydrogen-bond acceptors (Lipinski definition) is 5. The molecule has 30 heavy (non-hydrogen) atoms. The number of aromatic nitrogens is 1. The quantitative estimate of drug-likeness (QED) is 0.680. The monoisotopic (exact) mass is 404 g/mol. The van der Waals surface area contributed by atoms with Gasteiger partial charge in [0.2, 0.25) is 5.91 Å². The van der Waals surface area contributed by atoms with Crippen LogP contribution in [-0.2, 0) is 11.2 Å².